The Morgan fingerprint density at radius 2 is 2.09 bits per heavy atom. The summed E-state index contributed by atoms with van der Waals surface area (Å²) in [6.07, 6.45) is 1.46. The van der Waals surface area contributed by atoms with E-state index in [0.29, 0.717) is 11.4 Å². The standard InChI is InChI=1S/C20H26N8O5/c1-11(2)8-16(29)23-13(5-6-17(30)31)20(33)28-14(9-12-4-3-7-21-18(12)28)19(32)22-10-15-24-26-27-25-15/h3-4,7,11,13-14H,5-6,8-10H2,1-2H3,(H,22,32)(H,23,29)(H,30,31)(H,24,25,26,27)/t13?,14-/m0/s1. The van der Waals surface area contributed by atoms with Crippen LogP contribution in [-0.4, -0.2) is 66.5 Å². The highest BCUT2D eigenvalue weighted by molar-refractivity contribution is 6.06. The molecule has 2 aromatic heterocycles. The minimum absolute atomic E-state index is 0.00516. The summed E-state index contributed by atoms with van der Waals surface area (Å²) in [7, 11) is 0. The number of rotatable bonds is 10. The van der Waals surface area contributed by atoms with Gasteiger partial charge in [-0.3, -0.25) is 24.1 Å². The van der Waals surface area contributed by atoms with E-state index in [-0.39, 0.29) is 49.9 Å². The van der Waals surface area contributed by atoms with E-state index in [1.165, 1.54) is 11.1 Å². The summed E-state index contributed by atoms with van der Waals surface area (Å²) in [6.45, 7) is 3.72. The highest BCUT2D eigenvalue weighted by atomic mass is 16.4. The monoisotopic (exact) mass is 458 g/mol. The fourth-order valence-corrected chi connectivity index (χ4v) is 3.58. The number of carboxylic acids is 1. The van der Waals surface area contributed by atoms with Gasteiger partial charge in [-0.05, 0) is 24.0 Å². The van der Waals surface area contributed by atoms with Gasteiger partial charge in [0.1, 0.15) is 17.9 Å². The van der Waals surface area contributed by atoms with Crippen molar-refractivity contribution < 1.29 is 24.3 Å². The molecule has 1 aliphatic heterocycles. The Labute approximate surface area is 189 Å². The van der Waals surface area contributed by atoms with Gasteiger partial charge in [-0.15, -0.1) is 10.2 Å². The molecule has 2 aromatic rings. The van der Waals surface area contributed by atoms with E-state index < -0.39 is 29.9 Å². The van der Waals surface area contributed by atoms with Gasteiger partial charge in [-0.25, -0.2) is 4.98 Å². The number of hydrogen-bond donors (Lipinski definition) is 4. The molecule has 0 bridgehead atoms. The SMILES string of the molecule is CC(C)CC(=O)NC(CCC(=O)O)C(=O)N1c2ncccc2C[C@H]1C(=O)NCc1nn[nH]n1. The number of amides is 3. The van der Waals surface area contributed by atoms with Crippen molar-refractivity contribution in [2.45, 2.75) is 58.2 Å². The van der Waals surface area contributed by atoms with E-state index in [1.54, 1.807) is 12.1 Å². The second-order valence-electron chi connectivity index (χ2n) is 8.11. The molecule has 13 nitrogen and oxygen atoms in total. The normalized spacial score (nSPS) is 15.7. The lowest BCUT2D eigenvalue weighted by Gasteiger charge is -2.28. The van der Waals surface area contributed by atoms with Gasteiger partial charge in [0.05, 0.1) is 6.54 Å². The number of aromatic nitrogens is 5. The zero-order valence-electron chi connectivity index (χ0n) is 18.3. The van der Waals surface area contributed by atoms with Gasteiger partial charge in [0.15, 0.2) is 5.82 Å². The molecule has 0 spiro atoms. The largest absolute Gasteiger partial charge is 0.481 e. The molecule has 1 unspecified atom stereocenters. The Hall–Kier alpha value is -3.90. The Balaban J connectivity index is 1.83. The molecule has 0 aliphatic carbocycles. The molecular weight excluding hydrogens is 432 g/mol. The van der Waals surface area contributed by atoms with Crippen molar-refractivity contribution in [3.05, 3.63) is 29.7 Å². The Morgan fingerprint density at radius 3 is 2.76 bits per heavy atom. The molecule has 2 atom stereocenters. The molecule has 3 amide bonds. The van der Waals surface area contributed by atoms with Crippen molar-refractivity contribution >= 4 is 29.5 Å². The molecule has 3 rings (SSSR count). The Bertz CT molecular complexity index is 1010. The molecular formula is C20H26N8O5. The maximum absolute atomic E-state index is 13.5. The molecule has 3 heterocycles. The number of pyridine rings is 1. The summed E-state index contributed by atoms with van der Waals surface area (Å²) < 4.78 is 0. The predicted molar refractivity (Wildman–Crippen MR) is 113 cm³/mol. The molecule has 0 aromatic carbocycles. The van der Waals surface area contributed by atoms with Gasteiger partial charge in [0.2, 0.25) is 11.8 Å². The average Bonchev–Trinajstić information content (AvgIpc) is 3.41. The first-order valence-electron chi connectivity index (χ1n) is 10.5. The molecule has 33 heavy (non-hydrogen) atoms. The zero-order valence-corrected chi connectivity index (χ0v) is 18.3. The van der Waals surface area contributed by atoms with Crippen LogP contribution in [0.25, 0.3) is 0 Å². The van der Waals surface area contributed by atoms with E-state index in [9.17, 15) is 19.2 Å². The van der Waals surface area contributed by atoms with E-state index in [0.717, 1.165) is 0 Å². The van der Waals surface area contributed by atoms with Crippen LogP contribution in [0.3, 0.4) is 0 Å². The van der Waals surface area contributed by atoms with Gasteiger partial charge < -0.3 is 15.7 Å². The predicted octanol–water partition coefficient (Wildman–Crippen LogP) is -0.435. The first-order chi connectivity index (χ1) is 15.8. The smallest absolute Gasteiger partial charge is 0.303 e. The number of nitrogens with one attached hydrogen (secondary N) is 3. The lowest BCUT2D eigenvalue weighted by molar-refractivity contribution is -0.138. The summed E-state index contributed by atoms with van der Waals surface area (Å²) in [5.41, 5.74) is 0.691. The van der Waals surface area contributed by atoms with Crippen LogP contribution in [0.15, 0.2) is 18.3 Å². The maximum atomic E-state index is 13.5. The molecule has 0 radical (unpaired) electrons. The summed E-state index contributed by atoms with van der Waals surface area (Å²) in [5, 5.41) is 27.7. The molecule has 4 N–H and O–H groups in total. The van der Waals surface area contributed by atoms with E-state index in [2.05, 4.69) is 36.2 Å². The third-order valence-electron chi connectivity index (χ3n) is 5.04. The molecule has 0 saturated carbocycles. The number of nitrogens with zero attached hydrogens (tertiary/aromatic N) is 5. The summed E-state index contributed by atoms with van der Waals surface area (Å²) >= 11 is 0. The summed E-state index contributed by atoms with van der Waals surface area (Å²) in [4.78, 5) is 55.6. The summed E-state index contributed by atoms with van der Waals surface area (Å²) in [6, 6.07) is 1.42. The van der Waals surface area contributed by atoms with Gasteiger partial charge in [0, 0.05) is 25.5 Å². The number of aliphatic carboxylic acids is 1. The number of H-pyrrole nitrogens is 1. The fraction of sp³-hybridized carbons (Fsp3) is 0.500. The average molecular weight is 458 g/mol. The third-order valence-corrected chi connectivity index (χ3v) is 5.04. The van der Waals surface area contributed by atoms with Gasteiger partial charge in [-0.2, -0.15) is 5.21 Å². The van der Waals surface area contributed by atoms with Gasteiger partial charge >= 0.3 is 5.97 Å². The van der Waals surface area contributed by atoms with Crippen molar-refractivity contribution in [3.63, 3.8) is 0 Å². The van der Waals surface area contributed by atoms with E-state index in [1.807, 2.05) is 13.8 Å². The van der Waals surface area contributed by atoms with Crippen LogP contribution in [0.4, 0.5) is 5.82 Å². The number of fused-ring (bicyclic) bond motifs is 1. The van der Waals surface area contributed by atoms with Crippen molar-refractivity contribution in [1.82, 2.24) is 36.2 Å². The van der Waals surface area contributed by atoms with Gasteiger partial charge in [-0.1, -0.05) is 25.1 Å². The first-order valence-corrected chi connectivity index (χ1v) is 10.5. The van der Waals surface area contributed by atoms with Crippen LogP contribution in [0, 0.1) is 5.92 Å². The minimum atomic E-state index is -1.12. The van der Waals surface area contributed by atoms with Gasteiger partial charge in [0.25, 0.3) is 5.91 Å². The number of carbonyl (C=O) groups excluding carboxylic acids is 3. The van der Waals surface area contributed by atoms with Crippen LogP contribution in [0.5, 0.6) is 0 Å². The molecule has 176 valence electrons. The summed E-state index contributed by atoms with van der Waals surface area (Å²) in [5.74, 6) is -1.89. The van der Waals surface area contributed by atoms with Crippen LogP contribution in [-0.2, 0) is 32.1 Å². The molecule has 0 fully saturated rings. The van der Waals surface area contributed by atoms with Crippen LogP contribution in [0.2, 0.25) is 0 Å². The lowest BCUT2D eigenvalue weighted by Crippen LogP contribution is -2.55. The number of carbonyl (C=O) groups is 4. The topological polar surface area (TPSA) is 183 Å². The van der Waals surface area contributed by atoms with Crippen molar-refractivity contribution in [2.75, 3.05) is 4.90 Å². The Kier molecular flexibility index (Phi) is 7.64. The molecule has 0 saturated heterocycles. The van der Waals surface area contributed by atoms with E-state index >= 15 is 0 Å². The minimum Gasteiger partial charge on any atom is -0.481 e. The number of aromatic amines is 1. The second-order valence-corrected chi connectivity index (χ2v) is 8.11. The van der Waals surface area contributed by atoms with Crippen molar-refractivity contribution in [2.24, 2.45) is 5.92 Å². The zero-order chi connectivity index (χ0) is 24.0. The highest BCUT2D eigenvalue weighted by Gasteiger charge is 2.42. The number of hydrogen-bond acceptors (Lipinski definition) is 8. The highest BCUT2D eigenvalue weighted by Crippen LogP contribution is 2.31. The Morgan fingerprint density at radius 1 is 1.30 bits per heavy atom. The van der Waals surface area contributed by atoms with E-state index in [4.69, 9.17) is 5.11 Å². The molecule has 13 heteroatoms. The molecule has 1 aliphatic rings. The van der Waals surface area contributed by atoms with Crippen LogP contribution in [0.1, 0.15) is 44.5 Å². The third kappa shape index (κ3) is 6.08. The number of carboxylic acid groups (broad SMARTS) is 1. The number of anilines is 1. The number of tetrazole rings is 1. The van der Waals surface area contributed by atoms with Crippen LogP contribution < -0.4 is 15.5 Å². The maximum Gasteiger partial charge on any atom is 0.303 e. The fourth-order valence-electron chi connectivity index (χ4n) is 3.58. The first kappa shape index (κ1) is 23.8. The van der Waals surface area contributed by atoms with Crippen molar-refractivity contribution in [3.8, 4) is 0 Å². The second kappa shape index (κ2) is 10.6. The quantitative estimate of drug-likeness (QED) is 0.367. The lowest BCUT2D eigenvalue weighted by atomic mass is 10.1. The van der Waals surface area contributed by atoms with Crippen molar-refractivity contribution in [1.29, 1.82) is 0 Å². The van der Waals surface area contributed by atoms with Crippen LogP contribution >= 0.6 is 0 Å².